The van der Waals surface area contributed by atoms with Gasteiger partial charge in [-0.15, -0.1) is 0 Å². The highest BCUT2D eigenvalue weighted by molar-refractivity contribution is 5.37. The van der Waals surface area contributed by atoms with E-state index in [4.69, 9.17) is 4.74 Å². The second-order valence-electron chi connectivity index (χ2n) is 13.6. The van der Waals surface area contributed by atoms with E-state index in [1.54, 1.807) is 0 Å². The average molecular weight is 490 g/mol. The Morgan fingerprint density at radius 3 is 2.56 bits per heavy atom. The van der Waals surface area contributed by atoms with E-state index in [9.17, 15) is 15.1 Å². The fourth-order valence-electron chi connectivity index (χ4n) is 10.6. The van der Waals surface area contributed by atoms with E-state index in [0.717, 1.165) is 44.1 Å². The second-order valence-corrected chi connectivity index (χ2v) is 13.6. The lowest BCUT2D eigenvalue weighted by molar-refractivity contribution is -0.167. The SMILES string of the molecule is C[C@]12CCC3C(C1[C@@H]1C[C@@H]1[C@@]2(O)C#CCOCc1ccccc1)[C@H]1C[C@H]1[C@]1(N=O)C[C@@H](O)CC[C@]31C. The van der Waals surface area contributed by atoms with Crippen LogP contribution in [-0.4, -0.2) is 34.1 Å². The molecule has 12 atom stereocenters. The Morgan fingerprint density at radius 2 is 1.78 bits per heavy atom. The molecule has 0 saturated heterocycles. The van der Waals surface area contributed by atoms with Gasteiger partial charge in [0.15, 0.2) is 0 Å². The number of aliphatic hydroxyl groups is 2. The zero-order chi connectivity index (χ0) is 24.9. The van der Waals surface area contributed by atoms with E-state index in [0.29, 0.717) is 55.1 Å². The fraction of sp³-hybridized carbons (Fsp3) is 0.742. The zero-order valence-corrected chi connectivity index (χ0v) is 21.5. The molecule has 6 aliphatic carbocycles. The van der Waals surface area contributed by atoms with Crippen LogP contribution in [0.5, 0.6) is 0 Å². The largest absolute Gasteiger partial charge is 0.393 e. The summed E-state index contributed by atoms with van der Waals surface area (Å²) in [6.07, 6.45) is 5.94. The molecule has 7 rings (SSSR count). The summed E-state index contributed by atoms with van der Waals surface area (Å²) in [6.45, 7) is 5.50. The number of hydrogen-bond donors (Lipinski definition) is 2. The van der Waals surface area contributed by atoms with Crippen LogP contribution in [0.1, 0.15) is 64.4 Å². The van der Waals surface area contributed by atoms with Gasteiger partial charge < -0.3 is 14.9 Å². The fourth-order valence-corrected chi connectivity index (χ4v) is 10.6. The van der Waals surface area contributed by atoms with Crippen LogP contribution < -0.4 is 0 Å². The second kappa shape index (κ2) is 7.65. The van der Waals surface area contributed by atoms with Crippen LogP contribution in [0.3, 0.4) is 0 Å². The molecule has 2 N–H and O–H groups in total. The molecule has 36 heavy (non-hydrogen) atoms. The molecule has 6 fully saturated rings. The molecule has 0 spiro atoms. The molecule has 6 saturated carbocycles. The van der Waals surface area contributed by atoms with Gasteiger partial charge in [0.1, 0.15) is 17.7 Å². The first-order valence-electron chi connectivity index (χ1n) is 14.2. The van der Waals surface area contributed by atoms with Crippen molar-refractivity contribution in [3.63, 3.8) is 0 Å². The van der Waals surface area contributed by atoms with Crippen LogP contribution in [0.2, 0.25) is 0 Å². The van der Waals surface area contributed by atoms with Gasteiger partial charge in [-0.1, -0.05) is 61.2 Å². The summed E-state index contributed by atoms with van der Waals surface area (Å²) >= 11 is 0. The van der Waals surface area contributed by atoms with E-state index in [2.05, 4.69) is 43.0 Å². The summed E-state index contributed by atoms with van der Waals surface area (Å²) in [5, 5.41) is 26.6. The zero-order valence-electron chi connectivity index (χ0n) is 21.5. The van der Waals surface area contributed by atoms with Gasteiger partial charge in [0.2, 0.25) is 0 Å². The third-order valence-electron chi connectivity index (χ3n) is 12.3. The summed E-state index contributed by atoms with van der Waals surface area (Å²) in [4.78, 5) is 12.5. The molecule has 0 heterocycles. The van der Waals surface area contributed by atoms with Crippen molar-refractivity contribution in [1.29, 1.82) is 0 Å². The molecule has 5 nitrogen and oxygen atoms in total. The standard InChI is InChI=1S/C31H39NO4/c1-28-12-9-20(33)17-30(28,32-35)24-15-21(24)26-23(28)10-13-29(2)27(26)22-16-25(22)31(29,34)11-6-14-36-18-19-7-4-3-5-8-19/h3-5,7-8,20-27,33-34H,9-10,12-18H2,1-2H3/t20-,21-,22+,23?,24+,25-,26?,27?,28+,29-,30+,31-/m0/s1. The molecule has 5 heteroatoms. The topological polar surface area (TPSA) is 79.1 Å². The maximum absolute atomic E-state index is 12.5. The average Bonchev–Trinajstić information content (AvgIpc) is 3.79. The maximum atomic E-state index is 12.5. The monoisotopic (exact) mass is 489 g/mol. The van der Waals surface area contributed by atoms with Crippen molar-refractivity contribution in [2.24, 2.45) is 57.4 Å². The molecule has 192 valence electrons. The Morgan fingerprint density at radius 1 is 1.03 bits per heavy atom. The summed E-state index contributed by atoms with van der Waals surface area (Å²) in [5.74, 6) is 9.68. The minimum absolute atomic E-state index is 0.139. The van der Waals surface area contributed by atoms with Crippen LogP contribution in [0.4, 0.5) is 0 Å². The van der Waals surface area contributed by atoms with Gasteiger partial charge in [0.25, 0.3) is 0 Å². The van der Waals surface area contributed by atoms with Gasteiger partial charge in [-0.3, -0.25) is 0 Å². The number of ether oxygens (including phenoxy) is 1. The molecule has 0 aliphatic heterocycles. The van der Waals surface area contributed by atoms with Crippen molar-refractivity contribution < 1.29 is 14.9 Å². The van der Waals surface area contributed by atoms with Crippen molar-refractivity contribution in [2.75, 3.05) is 6.61 Å². The van der Waals surface area contributed by atoms with Crippen molar-refractivity contribution in [1.82, 2.24) is 0 Å². The van der Waals surface area contributed by atoms with Gasteiger partial charge in [-0.05, 0) is 85.0 Å². The molecule has 6 aliphatic rings. The maximum Gasteiger partial charge on any atom is 0.134 e. The molecular formula is C31H39NO4. The quantitative estimate of drug-likeness (QED) is 0.357. The van der Waals surface area contributed by atoms with Crippen LogP contribution in [-0.2, 0) is 11.3 Å². The van der Waals surface area contributed by atoms with E-state index in [-0.39, 0.29) is 16.7 Å². The number of nitrogens with zero attached hydrogens (tertiary/aromatic N) is 1. The Balaban J connectivity index is 1.14. The minimum atomic E-state index is -0.949. The molecular weight excluding hydrogens is 450 g/mol. The molecule has 1 aromatic rings. The molecule has 0 amide bonds. The third-order valence-corrected chi connectivity index (χ3v) is 12.3. The molecule has 0 aromatic heterocycles. The number of fused-ring (bicyclic) bond motifs is 10. The first kappa shape index (κ1) is 23.4. The predicted octanol–water partition coefficient (Wildman–Crippen LogP) is 4.94. The van der Waals surface area contributed by atoms with Gasteiger partial charge in [0, 0.05) is 17.8 Å². The van der Waals surface area contributed by atoms with Crippen LogP contribution >= 0.6 is 0 Å². The summed E-state index contributed by atoms with van der Waals surface area (Å²) in [6, 6.07) is 10.1. The van der Waals surface area contributed by atoms with Gasteiger partial charge in [-0.25, -0.2) is 0 Å². The van der Waals surface area contributed by atoms with E-state index in [1.807, 2.05) is 18.2 Å². The smallest absolute Gasteiger partial charge is 0.134 e. The predicted molar refractivity (Wildman–Crippen MR) is 136 cm³/mol. The Labute approximate surface area is 214 Å². The molecule has 3 unspecified atom stereocenters. The lowest BCUT2D eigenvalue weighted by atomic mass is 9.41. The Hall–Kier alpha value is -1.74. The third kappa shape index (κ3) is 2.85. The van der Waals surface area contributed by atoms with Gasteiger partial charge >= 0.3 is 0 Å². The van der Waals surface area contributed by atoms with Crippen LogP contribution in [0.15, 0.2) is 35.5 Å². The number of benzene rings is 1. The molecule has 1 aromatic carbocycles. The minimum Gasteiger partial charge on any atom is -0.393 e. The normalized spacial score (nSPS) is 53.4. The number of nitroso groups, excluding NO2 is 1. The van der Waals surface area contributed by atoms with Gasteiger partial charge in [-0.2, -0.15) is 4.91 Å². The molecule has 0 radical (unpaired) electrons. The highest BCUT2D eigenvalue weighted by Gasteiger charge is 2.81. The van der Waals surface area contributed by atoms with Gasteiger partial charge in [0.05, 0.1) is 12.7 Å². The van der Waals surface area contributed by atoms with Crippen molar-refractivity contribution >= 4 is 0 Å². The van der Waals surface area contributed by atoms with E-state index < -0.39 is 17.2 Å². The Kier molecular flexibility index (Phi) is 4.97. The lowest BCUT2D eigenvalue weighted by Gasteiger charge is -2.63. The highest BCUT2D eigenvalue weighted by Crippen LogP contribution is 2.82. The Bertz CT molecular complexity index is 1130. The summed E-state index contributed by atoms with van der Waals surface area (Å²) in [5.41, 5.74) is -0.764. The van der Waals surface area contributed by atoms with Crippen molar-refractivity contribution in [3.8, 4) is 11.8 Å². The lowest BCUT2D eigenvalue weighted by Crippen LogP contribution is -2.64. The molecule has 0 bridgehead atoms. The first-order chi connectivity index (χ1) is 17.3. The van der Waals surface area contributed by atoms with Crippen molar-refractivity contribution in [3.05, 3.63) is 40.8 Å². The highest BCUT2D eigenvalue weighted by atomic mass is 16.5. The van der Waals surface area contributed by atoms with Crippen LogP contribution in [0, 0.1) is 69.0 Å². The van der Waals surface area contributed by atoms with E-state index >= 15 is 0 Å². The number of rotatable bonds is 4. The van der Waals surface area contributed by atoms with Crippen LogP contribution in [0.25, 0.3) is 0 Å². The first-order valence-corrected chi connectivity index (χ1v) is 14.2. The number of hydrogen-bond acceptors (Lipinski definition) is 5. The summed E-state index contributed by atoms with van der Waals surface area (Å²) < 4.78 is 5.81. The number of aliphatic hydroxyl groups excluding tert-OH is 1. The van der Waals surface area contributed by atoms with Crippen molar-refractivity contribution in [2.45, 2.75) is 82.6 Å². The van der Waals surface area contributed by atoms with E-state index in [1.165, 1.54) is 0 Å². The summed E-state index contributed by atoms with van der Waals surface area (Å²) in [7, 11) is 0.